The molecule has 2 N–H and O–H groups in total. The lowest BCUT2D eigenvalue weighted by atomic mass is 9.86. The number of ether oxygens (including phenoxy) is 2. The van der Waals surface area contributed by atoms with Crippen LogP contribution in [0.3, 0.4) is 0 Å². The Balaban J connectivity index is 1.90. The van der Waals surface area contributed by atoms with Crippen LogP contribution >= 0.6 is 0 Å². The van der Waals surface area contributed by atoms with Crippen molar-refractivity contribution in [3.05, 3.63) is 29.8 Å². The molecule has 0 spiro atoms. The molecule has 3 rings (SSSR count). The Labute approximate surface area is 187 Å². The van der Waals surface area contributed by atoms with Gasteiger partial charge in [-0.2, -0.15) is 0 Å². The smallest absolute Gasteiger partial charge is 0.410 e. The number of nitrogens with two attached hydrogens (primary N) is 1. The summed E-state index contributed by atoms with van der Waals surface area (Å²) in [5.41, 5.74) is 5.11. The number of carbonyl (C=O) groups is 2. The quantitative estimate of drug-likeness (QED) is 0.759. The van der Waals surface area contributed by atoms with Crippen LogP contribution in [-0.4, -0.2) is 64.7 Å². The average molecular weight is 454 g/mol. The normalized spacial score (nSPS) is 24.3. The molecule has 2 fully saturated rings. The molecule has 9 heteroatoms. The molecule has 0 aromatic heterocycles. The molecular weight excluding hydrogens is 420 g/mol. The van der Waals surface area contributed by atoms with Gasteiger partial charge in [0.25, 0.3) is 0 Å². The van der Waals surface area contributed by atoms with Gasteiger partial charge in [-0.15, -0.1) is 0 Å². The van der Waals surface area contributed by atoms with Crippen LogP contribution in [0.1, 0.15) is 48.0 Å². The van der Waals surface area contributed by atoms with Crippen molar-refractivity contribution in [3.63, 3.8) is 0 Å². The first-order valence-corrected chi connectivity index (χ1v) is 10.9. The highest BCUT2D eigenvalue weighted by molar-refractivity contribution is 5.83. The minimum Gasteiger partial charge on any atom is -0.486 e. The van der Waals surface area contributed by atoms with Crippen LogP contribution in [0.15, 0.2) is 18.2 Å². The van der Waals surface area contributed by atoms with Crippen molar-refractivity contribution >= 4 is 12.0 Å². The predicted molar refractivity (Wildman–Crippen MR) is 115 cm³/mol. The molecule has 32 heavy (non-hydrogen) atoms. The number of rotatable bonds is 3. The molecule has 2 heterocycles. The van der Waals surface area contributed by atoms with Gasteiger partial charge < -0.3 is 20.1 Å². The first-order chi connectivity index (χ1) is 14.7. The number of amides is 2. The molecule has 0 aliphatic carbocycles. The summed E-state index contributed by atoms with van der Waals surface area (Å²) in [6, 6.07) is 1.73. The summed E-state index contributed by atoms with van der Waals surface area (Å²) < 4.78 is 38.6. The van der Waals surface area contributed by atoms with Crippen LogP contribution in [0.4, 0.5) is 13.6 Å². The summed E-state index contributed by atoms with van der Waals surface area (Å²) in [5, 5.41) is 0. The van der Waals surface area contributed by atoms with Gasteiger partial charge in [0, 0.05) is 12.6 Å². The lowest BCUT2D eigenvalue weighted by Crippen LogP contribution is -2.55. The van der Waals surface area contributed by atoms with E-state index in [2.05, 4.69) is 0 Å². The highest BCUT2D eigenvalue weighted by Crippen LogP contribution is 2.36. The summed E-state index contributed by atoms with van der Waals surface area (Å²) in [6.45, 7) is 11.6. The van der Waals surface area contributed by atoms with Crippen molar-refractivity contribution in [2.75, 3.05) is 13.1 Å². The van der Waals surface area contributed by atoms with Gasteiger partial charge in [0.2, 0.25) is 5.91 Å². The number of nitrogens with zero attached hydrogens (tertiary/aromatic N) is 2. The van der Waals surface area contributed by atoms with E-state index < -0.39 is 46.9 Å². The summed E-state index contributed by atoms with van der Waals surface area (Å²) in [6.07, 6.45) is -0.598. The molecule has 1 unspecified atom stereocenters. The SMILES string of the molecule is CC(C)(C)OC(=O)N1C[C@H](Oc2ccc(F)c(F)c2)[C@@H]2[C@H]1CCN2C(=O)C(N)C(C)(C)C. The van der Waals surface area contributed by atoms with E-state index in [1.807, 2.05) is 20.8 Å². The van der Waals surface area contributed by atoms with Crippen molar-refractivity contribution in [1.29, 1.82) is 0 Å². The van der Waals surface area contributed by atoms with Gasteiger partial charge in [0.1, 0.15) is 17.5 Å². The van der Waals surface area contributed by atoms with Crippen LogP contribution in [0.5, 0.6) is 5.75 Å². The van der Waals surface area contributed by atoms with E-state index in [0.717, 1.165) is 12.1 Å². The molecule has 2 saturated heterocycles. The van der Waals surface area contributed by atoms with Gasteiger partial charge >= 0.3 is 6.09 Å². The number of fused-ring (bicyclic) bond motifs is 1. The molecule has 2 aliphatic heterocycles. The molecule has 1 aromatic carbocycles. The number of carbonyl (C=O) groups excluding carboxylic acids is 2. The number of benzene rings is 1. The third kappa shape index (κ3) is 4.98. The topological polar surface area (TPSA) is 85.1 Å². The van der Waals surface area contributed by atoms with E-state index >= 15 is 0 Å². The lowest BCUT2D eigenvalue weighted by molar-refractivity contribution is -0.137. The van der Waals surface area contributed by atoms with Crippen molar-refractivity contribution in [2.45, 2.75) is 77.8 Å². The lowest BCUT2D eigenvalue weighted by Gasteiger charge is -2.34. The molecule has 178 valence electrons. The zero-order valence-corrected chi connectivity index (χ0v) is 19.5. The molecular formula is C23H33F2N3O4. The van der Waals surface area contributed by atoms with Gasteiger partial charge in [-0.3, -0.25) is 9.69 Å². The minimum atomic E-state index is -1.03. The van der Waals surface area contributed by atoms with Crippen LogP contribution in [-0.2, 0) is 9.53 Å². The average Bonchev–Trinajstić information content (AvgIpc) is 3.23. The van der Waals surface area contributed by atoms with Crippen LogP contribution < -0.4 is 10.5 Å². The minimum absolute atomic E-state index is 0.123. The molecule has 1 aromatic rings. The van der Waals surface area contributed by atoms with Crippen molar-refractivity contribution in [1.82, 2.24) is 9.80 Å². The Morgan fingerprint density at radius 1 is 1.09 bits per heavy atom. The van der Waals surface area contributed by atoms with Crippen molar-refractivity contribution < 1.29 is 27.8 Å². The molecule has 0 radical (unpaired) electrons. The highest BCUT2D eigenvalue weighted by atomic mass is 19.2. The monoisotopic (exact) mass is 453 g/mol. The van der Waals surface area contributed by atoms with E-state index in [9.17, 15) is 18.4 Å². The van der Waals surface area contributed by atoms with Crippen molar-refractivity contribution in [3.8, 4) is 5.75 Å². The number of halogens is 2. The van der Waals surface area contributed by atoms with E-state index in [1.165, 1.54) is 6.07 Å². The zero-order chi connectivity index (χ0) is 24.0. The third-order valence-electron chi connectivity index (χ3n) is 5.87. The maximum absolute atomic E-state index is 13.7. The second kappa shape index (κ2) is 8.50. The number of likely N-dealkylation sites (tertiary alicyclic amines) is 2. The van der Waals surface area contributed by atoms with Gasteiger partial charge in [-0.1, -0.05) is 20.8 Å². The molecule has 0 saturated carbocycles. The number of hydrogen-bond donors (Lipinski definition) is 1. The maximum atomic E-state index is 13.7. The highest BCUT2D eigenvalue weighted by Gasteiger charge is 2.54. The van der Waals surface area contributed by atoms with Crippen molar-refractivity contribution in [2.24, 2.45) is 11.1 Å². The Morgan fingerprint density at radius 3 is 2.31 bits per heavy atom. The van der Waals surface area contributed by atoms with Gasteiger partial charge in [0.15, 0.2) is 11.6 Å². The van der Waals surface area contributed by atoms with Crippen LogP contribution in [0.2, 0.25) is 0 Å². The number of hydrogen-bond acceptors (Lipinski definition) is 5. The van der Waals surface area contributed by atoms with Gasteiger partial charge in [-0.05, 0) is 44.7 Å². The first-order valence-electron chi connectivity index (χ1n) is 10.9. The first kappa shape index (κ1) is 24.2. The van der Waals surface area contributed by atoms with E-state index in [1.54, 1.807) is 30.6 Å². The second-order valence-corrected chi connectivity index (χ2v) is 10.6. The van der Waals surface area contributed by atoms with E-state index in [0.29, 0.717) is 13.0 Å². The molecule has 4 atom stereocenters. The molecule has 7 nitrogen and oxygen atoms in total. The summed E-state index contributed by atoms with van der Waals surface area (Å²) >= 11 is 0. The Hall–Kier alpha value is -2.42. The fourth-order valence-corrected chi connectivity index (χ4v) is 4.19. The zero-order valence-electron chi connectivity index (χ0n) is 19.5. The van der Waals surface area contributed by atoms with Crippen LogP contribution in [0.25, 0.3) is 0 Å². The fraction of sp³-hybridized carbons (Fsp3) is 0.652. The molecule has 0 bridgehead atoms. The Kier molecular flexibility index (Phi) is 6.43. The van der Waals surface area contributed by atoms with Gasteiger partial charge in [0.05, 0.1) is 24.7 Å². The maximum Gasteiger partial charge on any atom is 0.410 e. The summed E-state index contributed by atoms with van der Waals surface area (Å²) in [4.78, 5) is 29.3. The summed E-state index contributed by atoms with van der Waals surface area (Å²) in [5.74, 6) is -2.12. The summed E-state index contributed by atoms with van der Waals surface area (Å²) in [7, 11) is 0. The van der Waals surface area contributed by atoms with E-state index in [4.69, 9.17) is 15.2 Å². The van der Waals surface area contributed by atoms with Crippen LogP contribution in [0, 0.1) is 17.0 Å². The Bertz CT molecular complexity index is 881. The second-order valence-electron chi connectivity index (χ2n) is 10.6. The predicted octanol–water partition coefficient (Wildman–Crippen LogP) is 3.31. The largest absolute Gasteiger partial charge is 0.486 e. The molecule has 2 aliphatic rings. The van der Waals surface area contributed by atoms with E-state index in [-0.39, 0.29) is 24.2 Å². The molecule has 2 amide bonds. The third-order valence-corrected chi connectivity index (χ3v) is 5.87. The van der Waals surface area contributed by atoms with Gasteiger partial charge in [-0.25, -0.2) is 13.6 Å². The Morgan fingerprint density at radius 2 is 1.75 bits per heavy atom. The fourth-order valence-electron chi connectivity index (χ4n) is 4.19. The standard InChI is InChI=1S/C23H33F2N3O4/c1-22(2,3)19(26)20(29)27-10-9-16-18(27)17(12-28(16)21(30)32-23(4,5)6)31-13-7-8-14(24)15(25)11-13/h7-8,11,16-19H,9-10,12,26H2,1-6H3/t16-,17+,18+,19?/m1/s1.